The highest BCUT2D eigenvalue weighted by Crippen LogP contribution is 2.20. The van der Waals surface area contributed by atoms with Crippen LogP contribution in [0.15, 0.2) is 10.7 Å². The number of carbonyl (C=O) groups is 1. The summed E-state index contributed by atoms with van der Waals surface area (Å²) in [5.41, 5.74) is 0.553. The van der Waals surface area contributed by atoms with Crippen molar-refractivity contribution in [2.75, 3.05) is 40.5 Å². The van der Waals surface area contributed by atoms with E-state index in [-0.39, 0.29) is 5.78 Å². The lowest BCUT2D eigenvalue weighted by molar-refractivity contribution is -0.00928. The van der Waals surface area contributed by atoms with Gasteiger partial charge in [0.2, 0.25) is 5.78 Å². The fourth-order valence-corrected chi connectivity index (χ4v) is 2.54. The van der Waals surface area contributed by atoms with Crippen molar-refractivity contribution in [1.29, 1.82) is 0 Å². The summed E-state index contributed by atoms with van der Waals surface area (Å²) in [6, 6.07) is 0. The van der Waals surface area contributed by atoms with Crippen LogP contribution >= 0.6 is 15.9 Å². The molecular formula is C12H18BrN3O3. The average molecular weight is 332 g/mol. The third-order valence-electron chi connectivity index (χ3n) is 3.10. The highest BCUT2D eigenvalue weighted by Gasteiger charge is 2.29. The number of halogens is 1. The van der Waals surface area contributed by atoms with Gasteiger partial charge in [0.15, 0.2) is 0 Å². The molecule has 0 bridgehead atoms. The lowest BCUT2D eigenvalue weighted by Crippen LogP contribution is -2.44. The van der Waals surface area contributed by atoms with Gasteiger partial charge in [0, 0.05) is 20.2 Å². The molecule has 0 N–H and O–H groups in total. The first kappa shape index (κ1) is 14.6. The van der Waals surface area contributed by atoms with Crippen molar-refractivity contribution >= 4 is 21.7 Å². The molecule has 0 spiro atoms. The summed E-state index contributed by atoms with van der Waals surface area (Å²) in [5, 5.41) is 4.19. The molecule has 0 amide bonds. The van der Waals surface area contributed by atoms with E-state index in [9.17, 15) is 4.79 Å². The largest absolute Gasteiger partial charge is 0.383 e. The maximum Gasteiger partial charge on any atom is 0.211 e. The lowest BCUT2D eigenvalue weighted by Gasteiger charge is -2.29. The van der Waals surface area contributed by atoms with Gasteiger partial charge in [-0.25, -0.2) is 0 Å². The van der Waals surface area contributed by atoms with Crippen LogP contribution in [-0.2, 0) is 16.0 Å². The summed E-state index contributed by atoms with van der Waals surface area (Å²) in [6.45, 7) is 3.11. The Morgan fingerprint density at radius 1 is 1.68 bits per heavy atom. The fraction of sp³-hybridized carbons (Fsp3) is 0.667. The quantitative estimate of drug-likeness (QED) is 0.747. The molecule has 1 aromatic rings. The van der Waals surface area contributed by atoms with E-state index in [0.717, 1.165) is 6.54 Å². The molecule has 1 aliphatic rings. The predicted molar refractivity (Wildman–Crippen MR) is 73.4 cm³/mol. The SMILES string of the molecule is COCCn1ncc(Br)c1C(=O)C1CN(C)CCO1. The Kier molecular flexibility index (Phi) is 5.09. The molecule has 0 radical (unpaired) electrons. The number of rotatable bonds is 5. The highest BCUT2D eigenvalue weighted by molar-refractivity contribution is 9.10. The van der Waals surface area contributed by atoms with Crippen molar-refractivity contribution in [1.82, 2.24) is 14.7 Å². The smallest absolute Gasteiger partial charge is 0.211 e. The molecule has 1 saturated heterocycles. The van der Waals surface area contributed by atoms with E-state index < -0.39 is 6.10 Å². The molecule has 7 heteroatoms. The number of Topliss-reactive ketones (excluding diaryl/α,β-unsaturated/α-hetero) is 1. The van der Waals surface area contributed by atoms with Crippen LogP contribution in [0.1, 0.15) is 10.5 Å². The number of nitrogens with zero attached hydrogens (tertiary/aromatic N) is 3. The Bertz CT molecular complexity index is 449. The highest BCUT2D eigenvalue weighted by atomic mass is 79.9. The normalized spacial score (nSPS) is 20.7. The fourth-order valence-electron chi connectivity index (χ4n) is 2.04. The summed E-state index contributed by atoms with van der Waals surface area (Å²) < 4.78 is 12.9. The Hall–Kier alpha value is -0.760. The molecule has 2 heterocycles. The summed E-state index contributed by atoms with van der Waals surface area (Å²) in [7, 11) is 3.61. The van der Waals surface area contributed by atoms with Crippen LogP contribution in [0, 0.1) is 0 Å². The average Bonchev–Trinajstić information content (AvgIpc) is 2.76. The molecular weight excluding hydrogens is 314 g/mol. The van der Waals surface area contributed by atoms with Crippen molar-refractivity contribution in [3.8, 4) is 0 Å². The second-order valence-electron chi connectivity index (χ2n) is 4.54. The monoisotopic (exact) mass is 331 g/mol. The number of ether oxygens (including phenoxy) is 2. The second-order valence-corrected chi connectivity index (χ2v) is 5.40. The zero-order chi connectivity index (χ0) is 13.8. The lowest BCUT2D eigenvalue weighted by atomic mass is 10.1. The molecule has 0 aliphatic carbocycles. The second kappa shape index (κ2) is 6.60. The number of likely N-dealkylation sites (N-methyl/N-ethyl adjacent to an activating group) is 1. The molecule has 1 fully saturated rings. The number of aromatic nitrogens is 2. The van der Waals surface area contributed by atoms with Gasteiger partial charge in [-0.1, -0.05) is 0 Å². The summed E-state index contributed by atoms with van der Waals surface area (Å²) >= 11 is 3.38. The molecule has 1 aliphatic heterocycles. The van der Waals surface area contributed by atoms with Crippen molar-refractivity contribution < 1.29 is 14.3 Å². The molecule has 19 heavy (non-hydrogen) atoms. The van der Waals surface area contributed by atoms with Gasteiger partial charge in [-0.2, -0.15) is 5.10 Å². The van der Waals surface area contributed by atoms with Crippen LogP contribution in [0.4, 0.5) is 0 Å². The molecule has 0 saturated carbocycles. The number of ketones is 1. The number of hydrogen-bond donors (Lipinski definition) is 0. The predicted octanol–water partition coefficient (Wildman–Crippen LogP) is 0.805. The van der Waals surface area contributed by atoms with Crippen LogP contribution in [-0.4, -0.2) is 67.0 Å². The minimum atomic E-state index is -0.423. The van der Waals surface area contributed by atoms with E-state index in [1.807, 2.05) is 7.05 Å². The van der Waals surface area contributed by atoms with E-state index in [4.69, 9.17) is 9.47 Å². The van der Waals surface area contributed by atoms with Gasteiger partial charge >= 0.3 is 0 Å². The summed E-state index contributed by atoms with van der Waals surface area (Å²) in [4.78, 5) is 14.6. The van der Waals surface area contributed by atoms with Crippen molar-refractivity contribution in [3.63, 3.8) is 0 Å². The van der Waals surface area contributed by atoms with E-state index in [2.05, 4.69) is 25.9 Å². The maximum absolute atomic E-state index is 12.5. The topological polar surface area (TPSA) is 56.6 Å². The van der Waals surface area contributed by atoms with E-state index in [0.29, 0.717) is 36.5 Å². The van der Waals surface area contributed by atoms with Crippen molar-refractivity contribution in [2.45, 2.75) is 12.6 Å². The first-order valence-corrected chi connectivity index (χ1v) is 6.97. The van der Waals surface area contributed by atoms with E-state index in [1.165, 1.54) is 0 Å². The van der Waals surface area contributed by atoms with Gasteiger partial charge in [-0.05, 0) is 23.0 Å². The number of hydrogen-bond acceptors (Lipinski definition) is 5. The van der Waals surface area contributed by atoms with Gasteiger partial charge < -0.3 is 14.4 Å². The minimum Gasteiger partial charge on any atom is -0.383 e. The molecule has 106 valence electrons. The van der Waals surface area contributed by atoms with E-state index >= 15 is 0 Å². The molecule has 1 atom stereocenters. The third kappa shape index (κ3) is 3.42. The standard InChI is InChI=1S/C12H18BrN3O3/c1-15-3-6-19-10(8-15)12(17)11-9(13)7-14-16(11)4-5-18-2/h7,10H,3-6,8H2,1-2H3. The molecule has 6 nitrogen and oxygen atoms in total. The van der Waals surface area contributed by atoms with Crippen LogP contribution in [0.3, 0.4) is 0 Å². The van der Waals surface area contributed by atoms with Gasteiger partial charge in [-0.3, -0.25) is 9.48 Å². The van der Waals surface area contributed by atoms with Crippen LogP contribution in [0.25, 0.3) is 0 Å². The third-order valence-corrected chi connectivity index (χ3v) is 3.68. The van der Waals surface area contributed by atoms with Gasteiger partial charge in [0.05, 0.1) is 30.4 Å². The van der Waals surface area contributed by atoms with Crippen LogP contribution < -0.4 is 0 Å². The van der Waals surface area contributed by atoms with E-state index in [1.54, 1.807) is 18.0 Å². The Labute approximate surface area is 120 Å². The molecule has 2 rings (SSSR count). The molecule has 0 aromatic carbocycles. The maximum atomic E-state index is 12.5. The first-order chi connectivity index (χ1) is 9.13. The molecule has 1 unspecified atom stereocenters. The molecule has 1 aromatic heterocycles. The minimum absolute atomic E-state index is 0.0352. The van der Waals surface area contributed by atoms with Crippen molar-refractivity contribution in [2.24, 2.45) is 0 Å². The van der Waals surface area contributed by atoms with Crippen LogP contribution in [0.2, 0.25) is 0 Å². The van der Waals surface area contributed by atoms with Crippen LogP contribution in [0.5, 0.6) is 0 Å². The zero-order valence-electron chi connectivity index (χ0n) is 11.1. The number of morpholine rings is 1. The Morgan fingerprint density at radius 3 is 3.16 bits per heavy atom. The Morgan fingerprint density at radius 2 is 2.47 bits per heavy atom. The Balaban J connectivity index is 2.15. The van der Waals surface area contributed by atoms with Gasteiger partial charge in [0.25, 0.3) is 0 Å². The van der Waals surface area contributed by atoms with Gasteiger partial charge in [0.1, 0.15) is 11.8 Å². The summed E-state index contributed by atoms with van der Waals surface area (Å²) in [6.07, 6.45) is 1.21. The van der Waals surface area contributed by atoms with Crippen molar-refractivity contribution in [3.05, 3.63) is 16.4 Å². The number of carbonyl (C=O) groups excluding carboxylic acids is 1. The van der Waals surface area contributed by atoms with Gasteiger partial charge in [-0.15, -0.1) is 0 Å². The first-order valence-electron chi connectivity index (χ1n) is 6.18. The summed E-state index contributed by atoms with van der Waals surface area (Å²) in [5.74, 6) is -0.0352. The zero-order valence-corrected chi connectivity index (χ0v) is 12.7. The number of methoxy groups -OCH3 is 1.